The Morgan fingerprint density at radius 1 is 1.00 bits per heavy atom. The van der Waals surface area contributed by atoms with Crippen LogP contribution in [0.25, 0.3) is 22.0 Å². The highest BCUT2D eigenvalue weighted by molar-refractivity contribution is 9.11. The Morgan fingerprint density at radius 2 is 1.76 bits per heavy atom. The number of halogens is 3. The van der Waals surface area contributed by atoms with Gasteiger partial charge in [-0.3, -0.25) is 4.79 Å². The first-order valence-corrected chi connectivity index (χ1v) is 14.3. The molecule has 0 fully saturated rings. The van der Waals surface area contributed by atoms with Gasteiger partial charge in [0.25, 0.3) is 5.91 Å². The maximum atomic E-state index is 13.5. The molecule has 0 spiro atoms. The van der Waals surface area contributed by atoms with Crippen molar-refractivity contribution in [1.82, 2.24) is 10.4 Å². The maximum absolute atomic E-state index is 13.5. The zero-order chi connectivity index (χ0) is 29.1. The molecule has 0 aliphatic heterocycles. The number of fused-ring (bicyclic) bond motifs is 1. The summed E-state index contributed by atoms with van der Waals surface area (Å²) in [5.41, 5.74) is 6.68. The molecule has 0 aliphatic carbocycles. The minimum Gasteiger partial charge on any atom is -0.495 e. The monoisotopic (exact) mass is 693 g/mol. The number of hydrazone groups is 1. The fraction of sp³-hybridized carbons (Fsp3) is 0.0645. The van der Waals surface area contributed by atoms with Crippen LogP contribution in [0, 0.1) is 6.92 Å². The van der Waals surface area contributed by atoms with Gasteiger partial charge in [-0.15, -0.1) is 0 Å². The number of nitrogens with one attached hydrogen (secondary N) is 2. The van der Waals surface area contributed by atoms with Gasteiger partial charge in [-0.1, -0.05) is 75.6 Å². The average molecular weight is 696 g/mol. The van der Waals surface area contributed by atoms with Gasteiger partial charge >= 0.3 is 5.97 Å². The van der Waals surface area contributed by atoms with E-state index < -0.39 is 11.9 Å². The van der Waals surface area contributed by atoms with Gasteiger partial charge in [0.15, 0.2) is 5.75 Å². The second-order valence-corrected chi connectivity index (χ2v) is 11.2. The minimum atomic E-state index is -0.525. The molecule has 5 aromatic rings. The molecule has 2 N–H and O–H groups in total. The van der Waals surface area contributed by atoms with E-state index in [1.807, 2.05) is 49.4 Å². The number of ether oxygens (including phenoxy) is 2. The van der Waals surface area contributed by atoms with Crippen LogP contribution in [0.4, 0.5) is 0 Å². The van der Waals surface area contributed by atoms with E-state index in [0.717, 1.165) is 15.4 Å². The molecule has 206 valence electrons. The quantitative estimate of drug-likeness (QED) is 0.0776. The molecule has 7 nitrogen and oxygen atoms in total. The number of methoxy groups -OCH3 is 1. The lowest BCUT2D eigenvalue weighted by atomic mass is 10.0. The van der Waals surface area contributed by atoms with Crippen LogP contribution in [-0.2, 0) is 0 Å². The van der Waals surface area contributed by atoms with Crippen LogP contribution in [0.3, 0.4) is 0 Å². The topological polar surface area (TPSA) is 92.8 Å². The van der Waals surface area contributed by atoms with Crippen molar-refractivity contribution in [1.29, 1.82) is 0 Å². The molecule has 10 heteroatoms. The van der Waals surface area contributed by atoms with Crippen LogP contribution < -0.4 is 14.9 Å². The molecule has 1 amide bonds. The first kappa shape index (κ1) is 28.6. The van der Waals surface area contributed by atoms with Crippen LogP contribution in [0.2, 0.25) is 5.02 Å². The number of benzene rings is 4. The zero-order valence-corrected chi connectivity index (χ0v) is 25.7. The number of amides is 1. The van der Waals surface area contributed by atoms with Crippen LogP contribution in [0.15, 0.2) is 92.9 Å². The van der Waals surface area contributed by atoms with E-state index in [9.17, 15) is 9.59 Å². The van der Waals surface area contributed by atoms with E-state index in [0.29, 0.717) is 43.0 Å². The SMILES string of the molecule is COc1cccc2c(-c3ccccc3Cl)c(C(=O)NN=Cc3cc(Br)cc(Br)c3OC(=O)c3ccc(C)cc3)[nH]c12. The Kier molecular flexibility index (Phi) is 8.58. The van der Waals surface area contributed by atoms with E-state index in [-0.39, 0.29) is 11.4 Å². The summed E-state index contributed by atoms with van der Waals surface area (Å²) >= 11 is 13.4. The summed E-state index contributed by atoms with van der Waals surface area (Å²) in [4.78, 5) is 29.5. The summed E-state index contributed by atoms with van der Waals surface area (Å²) in [6.07, 6.45) is 1.41. The number of hydrogen-bond acceptors (Lipinski definition) is 5. The highest BCUT2D eigenvalue weighted by atomic mass is 79.9. The van der Waals surface area contributed by atoms with Gasteiger partial charge in [0, 0.05) is 31.6 Å². The molecule has 1 heterocycles. The Morgan fingerprint density at radius 3 is 2.49 bits per heavy atom. The molecule has 0 atom stereocenters. The Bertz CT molecular complexity index is 1820. The highest BCUT2D eigenvalue weighted by Gasteiger charge is 2.22. The van der Waals surface area contributed by atoms with E-state index in [4.69, 9.17) is 21.1 Å². The van der Waals surface area contributed by atoms with E-state index in [1.165, 1.54) is 6.21 Å². The molecule has 0 saturated heterocycles. The van der Waals surface area contributed by atoms with Gasteiger partial charge in [0.05, 0.1) is 28.9 Å². The van der Waals surface area contributed by atoms with Gasteiger partial charge in [0.2, 0.25) is 0 Å². The van der Waals surface area contributed by atoms with Gasteiger partial charge in [0.1, 0.15) is 11.4 Å². The van der Waals surface area contributed by atoms with Crippen molar-refractivity contribution >= 4 is 72.5 Å². The van der Waals surface area contributed by atoms with Crippen molar-refractivity contribution in [2.24, 2.45) is 5.10 Å². The lowest BCUT2D eigenvalue weighted by molar-refractivity contribution is 0.0733. The summed E-state index contributed by atoms with van der Waals surface area (Å²) in [5.74, 6) is -0.189. The Labute approximate surface area is 257 Å². The first-order valence-electron chi connectivity index (χ1n) is 12.3. The standard InChI is InChI=1S/C31H22Br2ClN3O4/c1-17-10-12-18(13-11-17)31(39)41-29-19(14-20(32)15-23(29)33)16-35-37-30(38)28-26(21-6-3-4-8-24(21)34)22-7-5-9-25(40-2)27(22)36-28/h3-16,36H,1-2H3,(H,37,38). The normalized spacial score (nSPS) is 11.1. The predicted octanol–water partition coefficient (Wildman–Crippen LogP) is 8.31. The van der Waals surface area contributed by atoms with Crippen molar-refractivity contribution in [3.63, 3.8) is 0 Å². The fourth-order valence-electron chi connectivity index (χ4n) is 4.32. The number of hydrogen-bond donors (Lipinski definition) is 2. The van der Waals surface area contributed by atoms with Crippen molar-refractivity contribution in [3.05, 3.63) is 115 Å². The largest absolute Gasteiger partial charge is 0.495 e. The molecule has 0 radical (unpaired) electrons. The molecular formula is C31H22Br2ClN3O4. The number of nitrogens with zero attached hydrogens (tertiary/aromatic N) is 1. The van der Waals surface area contributed by atoms with Gasteiger partial charge in [-0.2, -0.15) is 5.10 Å². The molecule has 5 rings (SSSR count). The third kappa shape index (κ3) is 6.07. The number of aromatic amines is 1. The van der Waals surface area contributed by atoms with E-state index in [1.54, 1.807) is 43.5 Å². The van der Waals surface area contributed by atoms with E-state index in [2.05, 4.69) is 47.4 Å². The lowest BCUT2D eigenvalue weighted by Gasteiger charge is -2.11. The number of aryl methyl sites for hydroxylation is 1. The summed E-state index contributed by atoms with van der Waals surface area (Å²) in [5, 5.41) is 5.45. The minimum absolute atomic E-state index is 0.254. The van der Waals surface area contributed by atoms with Crippen molar-refractivity contribution in [2.75, 3.05) is 7.11 Å². The summed E-state index contributed by atoms with van der Waals surface area (Å²) in [6.45, 7) is 1.94. The smallest absolute Gasteiger partial charge is 0.343 e. The van der Waals surface area contributed by atoms with Gasteiger partial charge in [-0.25, -0.2) is 10.2 Å². The number of carbonyl (C=O) groups is 2. The average Bonchev–Trinajstić information content (AvgIpc) is 3.35. The molecule has 1 aromatic heterocycles. The molecule has 0 bridgehead atoms. The number of H-pyrrole nitrogens is 1. The van der Waals surface area contributed by atoms with Gasteiger partial charge < -0.3 is 14.5 Å². The fourth-order valence-corrected chi connectivity index (χ4v) is 5.89. The second-order valence-electron chi connectivity index (χ2n) is 9.00. The second kappa shape index (κ2) is 12.3. The predicted molar refractivity (Wildman–Crippen MR) is 168 cm³/mol. The molecule has 0 aliphatic rings. The Hall–Kier alpha value is -3.92. The molecule has 41 heavy (non-hydrogen) atoms. The summed E-state index contributed by atoms with van der Waals surface area (Å²) in [7, 11) is 1.56. The Balaban J connectivity index is 1.47. The lowest BCUT2D eigenvalue weighted by Crippen LogP contribution is -2.19. The van der Waals surface area contributed by atoms with Crippen molar-refractivity contribution < 1.29 is 19.1 Å². The third-order valence-electron chi connectivity index (χ3n) is 6.27. The first-order chi connectivity index (χ1) is 19.8. The molecule has 0 saturated carbocycles. The number of rotatable bonds is 7. The number of esters is 1. The van der Waals surface area contributed by atoms with Crippen LogP contribution in [-0.4, -0.2) is 30.2 Å². The molecular weight excluding hydrogens is 674 g/mol. The van der Waals surface area contributed by atoms with Crippen LogP contribution in [0.5, 0.6) is 11.5 Å². The summed E-state index contributed by atoms with van der Waals surface area (Å²) < 4.78 is 12.5. The van der Waals surface area contributed by atoms with Crippen molar-refractivity contribution in [3.8, 4) is 22.6 Å². The molecule has 4 aromatic carbocycles. The van der Waals surface area contributed by atoms with Crippen LogP contribution in [0.1, 0.15) is 32.0 Å². The van der Waals surface area contributed by atoms with E-state index >= 15 is 0 Å². The number of carbonyl (C=O) groups excluding carboxylic acids is 2. The highest BCUT2D eigenvalue weighted by Crippen LogP contribution is 2.39. The van der Waals surface area contributed by atoms with Gasteiger partial charge in [-0.05, 0) is 59.3 Å². The summed E-state index contributed by atoms with van der Waals surface area (Å²) in [6, 6.07) is 23.4. The zero-order valence-electron chi connectivity index (χ0n) is 21.8. The maximum Gasteiger partial charge on any atom is 0.343 e. The van der Waals surface area contributed by atoms with Crippen LogP contribution >= 0.6 is 43.5 Å². The number of para-hydroxylation sites is 1. The number of aromatic nitrogens is 1. The van der Waals surface area contributed by atoms with Crippen molar-refractivity contribution in [2.45, 2.75) is 6.92 Å². The third-order valence-corrected chi connectivity index (χ3v) is 7.65. The molecule has 0 unspecified atom stereocenters.